The molecule has 1 unspecified atom stereocenters. The molecule has 18 heavy (non-hydrogen) atoms. The second-order valence-corrected chi connectivity index (χ2v) is 5.47. The highest BCUT2D eigenvalue weighted by Crippen LogP contribution is 2.22. The average molecular weight is 246 g/mol. The fraction of sp³-hybridized carbons (Fsp3) is 0.643. The SMILES string of the molecule is Nc1ncccc1CN1CCN2CCCCC2C1. The van der Waals surface area contributed by atoms with E-state index in [1.54, 1.807) is 6.20 Å². The zero-order valence-corrected chi connectivity index (χ0v) is 10.9. The maximum Gasteiger partial charge on any atom is 0.127 e. The molecule has 2 aliphatic rings. The minimum absolute atomic E-state index is 0.684. The van der Waals surface area contributed by atoms with Crippen LogP contribution in [0.15, 0.2) is 18.3 Å². The van der Waals surface area contributed by atoms with Gasteiger partial charge < -0.3 is 5.73 Å². The lowest BCUT2D eigenvalue weighted by molar-refractivity contribution is 0.0457. The van der Waals surface area contributed by atoms with Crippen molar-refractivity contribution in [2.75, 3.05) is 31.9 Å². The van der Waals surface area contributed by atoms with Gasteiger partial charge in [0, 0.05) is 44.0 Å². The van der Waals surface area contributed by atoms with Crippen LogP contribution in [0, 0.1) is 0 Å². The molecule has 4 heteroatoms. The van der Waals surface area contributed by atoms with E-state index in [2.05, 4.69) is 20.9 Å². The molecule has 4 nitrogen and oxygen atoms in total. The smallest absolute Gasteiger partial charge is 0.127 e. The summed E-state index contributed by atoms with van der Waals surface area (Å²) in [5.74, 6) is 0.684. The standard InChI is InChI=1S/C14H22N4/c15-14-12(4-3-6-16-14)10-17-8-9-18-7-2-1-5-13(18)11-17/h3-4,6,13H,1-2,5,7-11H2,(H2,15,16). The van der Waals surface area contributed by atoms with Gasteiger partial charge in [0.1, 0.15) is 5.82 Å². The number of nitrogens with two attached hydrogens (primary N) is 1. The van der Waals surface area contributed by atoms with E-state index in [0.717, 1.165) is 19.1 Å². The Morgan fingerprint density at radius 2 is 2.22 bits per heavy atom. The zero-order valence-electron chi connectivity index (χ0n) is 10.9. The lowest BCUT2D eigenvalue weighted by Crippen LogP contribution is -2.54. The first-order valence-electron chi connectivity index (χ1n) is 6.99. The molecule has 2 saturated heterocycles. The van der Waals surface area contributed by atoms with Crippen LogP contribution in [0.1, 0.15) is 24.8 Å². The number of anilines is 1. The number of hydrogen-bond acceptors (Lipinski definition) is 4. The average Bonchev–Trinajstić information content (AvgIpc) is 2.41. The number of piperazine rings is 1. The van der Waals surface area contributed by atoms with Crippen LogP contribution in [0.3, 0.4) is 0 Å². The normalized spacial score (nSPS) is 25.9. The third-order valence-electron chi connectivity index (χ3n) is 4.24. The summed E-state index contributed by atoms with van der Waals surface area (Å²) in [6.45, 7) is 5.81. The number of hydrogen-bond donors (Lipinski definition) is 1. The lowest BCUT2D eigenvalue weighted by atomic mass is 9.99. The summed E-state index contributed by atoms with van der Waals surface area (Å²) in [5, 5.41) is 0. The van der Waals surface area contributed by atoms with Crippen LogP contribution in [0.5, 0.6) is 0 Å². The molecule has 0 saturated carbocycles. The Morgan fingerprint density at radius 1 is 1.28 bits per heavy atom. The molecule has 1 aromatic rings. The Bertz CT molecular complexity index is 407. The van der Waals surface area contributed by atoms with Gasteiger partial charge in [-0.15, -0.1) is 0 Å². The summed E-state index contributed by atoms with van der Waals surface area (Å²) in [7, 11) is 0. The first-order chi connectivity index (χ1) is 8.83. The molecule has 2 N–H and O–H groups in total. The molecule has 0 aromatic carbocycles. The Hall–Kier alpha value is -1.13. The van der Waals surface area contributed by atoms with Gasteiger partial charge in [-0.1, -0.05) is 12.5 Å². The Labute approximate surface area is 109 Å². The van der Waals surface area contributed by atoms with Gasteiger partial charge in [-0.25, -0.2) is 4.98 Å². The van der Waals surface area contributed by atoms with Gasteiger partial charge in [0.25, 0.3) is 0 Å². The largest absolute Gasteiger partial charge is 0.383 e. The van der Waals surface area contributed by atoms with Gasteiger partial charge >= 0.3 is 0 Å². The second-order valence-electron chi connectivity index (χ2n) is 5.47. The molecule has 2 fully saturated rings. The van der Waals surface area contributed by atoms with Crippen molar-refractivity contribution in [1.29, 1.82) is 0 Å². The van der Waals surface area contributed by atoms with E-state index in [9.17, 15) is 0 Å². The molecule has 0 bridgehead atoms. The number of aromatic nitrogens is 1. The Morgan fingerprint density at radius 3 is 3.11 bits per heavy atom. The fourth-order valence-corrected chi connectivity index (χ4v) is 3.19. The van der Waals surface area contributed by atoms with Gasteiger partial charge in [-0.3, -0.25) is 9.80 Å². The van der Waals surface area contributed by atoms with E-state index in [-0.39, 0.29) is 0 Å². The maximum absolute atomic E-state index is 5.92. The van der Waals surface area contributed by atoms with Crippen molar-refractivity contribution in [2.45, 2.75) is 31.8 Å². The van der Waals surface area contributed by atoms with E-state index in [1.807, 2.05) is 6.07 Å². The summed E-state index contributed by atoms with van der Waals surface area (Å²) in [6, 6.07) is 4.84. The first kappa shape index (κ1) is 11.9. The third kappa shape index (κ3) is 2.49. The van der Waals surface area contributed by atoms with Crippen LogP contribution in [-0.2, 0) is 6.54 Å². The molecule has 98 valence electrons. The molecule has 0 spiro atoms. The summed E-state index contributed by atoms with van der Waals surface area (Å²) in [6.07, 6.45) is 5.90. The van der Waals surface area contributed by atoms with Gasteiger partial charge in [-0.05, 0) is 25.5 Å². The van der Waals surface area contributed by atoms with Gasteiger partial charge in [-0.2, -0.15) is 0 Å². The molecule has 3 rings (SSSR count). The van der Waals surface area contributed by atoms with Crippen molar-refractivity contribution in [3.05, 3.63) is 23.9 Å². The van der Waals surface area contributed by atoms with E-state index in [0.29, 0.717) is 5.82 Å². The van der Waals surface area contributed by atoms with E-state index in [4.69, 9.17) is 5.73 Å². The molecule has 2 aliphatic heterocycles. The predicted molar refractivity (Wildman–Crippen MR) is 73.1 cm³/mol. The lowest BCUT2D eigenvalue weighted by Gasteiger charge is -2.44. The number of pyridine rings is 1. The van der Waals surface area contributed by atoms with E-state index >= 15 is 0 Å². The predicted octanol–water partition coefficient (Wildman–Crippen LogP) is 1.33. The molecule has 3 heterocycles. The van der Waals surface area contributed by atoms with Crippen molar-refractivity contribution in [3.63, 3.8) is 0 Å². The molecule has 0 amide bonds. The summed E-state index contributed by atoms with van der Waals surface area (Å²) in [5.41, 5.74) is 7.09. The van der Waals surface area contributed by atoms with Crippen LogP contribution in [0.25, 0.3) is 0 Å². The Balaban J connectivity index is 1.63. The summed E-state index contributed by atoms with van der Waals surface area (Å²) < 4.78 is 0. The molecule has 0 aliphatic carbocycles. The number of nitrogen functional groups attached to an aromatic ring is 1. The van der Waals surface area contributed by atoms with Crippen molar-refractivity contribution in [2.24, 2.45) is 0 Å². The van der Waals surface area contributed by atoms with Crippen LogP contribution in [-0.4, -0.2) is 47.0 Å². The minimum atomic E-state index is 0.684. The fourth-order valence-electron chi connectivity index (χ4n) is 3.19. The number of fused-ring (bicyclic) bond motifs is 1. The van der Waals surface area contributed by atoms with Crippen LogP contribution < -0.4 is 5.73 Å². The van der Waals surface area contributed by atoms with Gasteiger partial charge in [0.15, 0.2) is 0 Å². The highest BCUT2D eigenvalue weighted by molar-refractivity contribution is 5.38. The van der Waals surface area contributed by atoms with Gasteiger partial charge in [0.05, 0.1) is 0 Å². The molecule has 1 atom stereocenters. The zero-order chi connectivity index (χ0) is 12.4. The van der Waals surface area contributed by atoms with Crippen molar-refractivity contribution >= 4 is 5.82 Å². The third-order valence-corrected chi connectivity index (χ3v) is 4.24. The topological polar surface area (TPSA) is 45.4 Å². The van der Waals surface area contributed by atoms with Crippen molar-refractivity contribution in [1.82, 2.24) is 14.8 Å². The maximum atomic E-state index is 5.92. The second kappa shape index (κ2) is 5.24. The monoisotopic (exact) mass is 246 g/mol. The van der Waals surface area contributed by atoms with E-state index in [1.165, 1.54) is 44.5 Å². The number of rotatable bonds is 2. The number of piperidine rings is 1. The highest BCUT2D eigenvalue weighted by atomic mass is 15.3. The van der Waals surface area contributed by atoms with Crippen molar-refractivity contribution < 1.29 is 0 Å². The number of nitrogens with zero attached hydrogens (tertiary/aromatic N) is 3. The molecule has 0 radical (unpaired) electrons. The highest BCUT2D eigenvalue weighted by Gasteiger charge is 2.28. The van der Waals surface area contributed by atoms with Crippen LogP contribution >= 0.6 is 0 Å². The van der Waals surface area contributed by atoms with Crippen molar-refractivity contribution in [3.8, 4) is 0 Å². The first-order valence-corrected chi connectivity index (χ1v) is 6.99. The molecular formula is C14H22N4. The molecule has 1 aromatic heterocycles. The van der Waals surface area contributed by atoms with E-state index < -0.39 is 0 Å². The Kier molecular flexibility index (Phi) is 3.48. The van der Waals surface area contributed by atoms with Gasteiger partial charge in [0.2, 0.25) is 0 Å². The van der Waals surface area contributed by atoms with Crippen LogP contribution in [0.2, 0.25) is 0 Å². The quantitative estimate of drug-likeness (QED) is 0.855. The summed E-state index contributed by atoms with van der Waals surface area (Å²) >= 11 is 0. The minimum Gasteiger partial charge on any atom is -0.383 e. The summed E-state index contributed by atoms with van der Waals surface area (Å²) in [4.78, 5) is 9.35. The molecular weight excluding hydrogens is 224 g/mol. The van der Waals surface area contributed by atoms with Crippen LogP contribution in [0.4, 0.5) is 5.82 Å².